The normalized spacial score (nSPS) is 18.9. The van der Waals surface area contributed by atoms with Crippen LogP contribution in [0.3, 0.4) is 0 Å². The summed E-state index contributed by atoms with van der Waals surface area (Å²) in [6.45, 7) is -0.00244. The summed E-state index contributed by atoms with van der Waals surface area (Å²) in [5, 5.41) is 8.95. The molecule has 1 aromatic carbocycles. The van der Waals surface area contributed by atoms with Crippen LogP contribution in [-0.2, 0) is 6.42 Å². The summed E-state index contributed by atoms with van der Waals surface area (Å²) in [6, 6.07) is 3.51. The number of ether oxygens (including phenoxy) is 1. The third-order valence-electron chi connectivity index (χ3n) is 2.21. The molecule has 1 atom stereocenters. The molecule has 0 fully saturated rings. The van der Waals surface area contributed by atoms with E-state index in [1.54, 1.807) is 12.1 Å². The van der Waals surface area contributed by atoms with Gasteiger partial charge in [-0.1, -0.05) is 0 Å². The van der Waals surface area contributed by atoms with Crippen LogP contribution in [0.25, 0.3) is 0 Å². The number of aliphatic hydroxyl groups excluding tert-OH is 1. The molecule has 4 heteroatoms. The first-order chi connectivity index (χ1) is 6.74. The van der Waals surface area contributed by atoms with Gasteiger partial charge in [-0.2, -0.15) is 0 Å². The van der Waals surface area contributed by atoms with Gasteiger partial charge in [0.1, 0.15) is 18.1 Å². The maximum absolute atomic E-state index is 10.6. The Morgan fingerprint density at radius 1 is 1.64 bits per heavy atom. The lowest BCUT2D eigenvalue weighted by Gasteiger charge is -2.06. The van der Waals surface area contributed by atoms with Crippen molar-refractivity contribution in [3.63, 3.8) is 0 Å². The second-order valence-electron chi connectivity index (χ2n) is 3.24. The zero-order valence-electron chi connectivity index (χ0n) is 7.37. The summed E-state index contributed by atoms with van der Waals surface area (Å²) >= 11 is 3.33. The third kappa shape index (κ3) is 1.55. The van der Waals surface area contributed by atoms with E-state index in [2.05, 4.69) is 15.9 Å². The van der Waals surface area contributed by atoms with Crippen LogP contribution < -0.4 is 4.74 Å². The Bertz CT molecular complexity index is 376. The molecule has 14 heavy (non-hydrogen) atoms. The zero-order chi connectivity index (χ0) is 10.1. The van der Waals surface area contributed by atoms with Crippen LogP contribution in [0, 0.1) is 0 Å². The lowest BCUT2D eigenvalue weighted by Crippen LogP contribution is -2.17. The van der Waals surface area contributed by atoms with Crippen LogP contribution in [0.2, 0.25) is 0 Å². The number of halogens is 1. The molecule has 74 valence electrons. The van der Waals surface area contributed by atoms with Gasteiger partial charge in [-0.3, -0.25) is 4.79 Å². The van der Waals surface area contributed by atoms with Gasteiger partial charge in [-0.05, 0) is 33.6 Å². The minimum atomic E-state index is -0.178. The van der Waals surface area contributed by atoms with E-state index in [1.807, 2.05) is 0 Å². The van der Waals surface area contributed by atoms with E-state index < -0.39 is 0 Å². The molecule has 1 aromatic rings. The van der Waals surface area contributed by atoms with E-state index >= 15 is 0 Å². The van der Waals surface area contributed by atoms with Gasteiger partial charge >= 0.3 is 0 Å². The van der Waals surface area contributed by atoms with Crippen LogP contribution in [0.1, 0.15) is 15.9 Å². The fraction of sp³-hybridized carbons (Fsp3) is 0.300. The summed E-state index contributed by atoms with van der Waals surface area (Å²) in [5.41, 5.74) is 1.60. The summed E-state index contributed by atoms with van der Waals surface area (Å²) < 4.78 is 6.24. The molecule has 0 aliphatic carbocycles. The first kappa shape index (κ1) is 9.68. The van der Waals surface area contributed by atoms with E-state index in [-0.39, 0.29) is 12.7 Å². The number of carbonyl (C=O) groups excluding carboxylic acids is 1. The van der Waals surface area contributed by atoms with Crippen LogP contribution in [0.5, 0.6) is 5.75 Å². The van der Waals surface area contributed by atoms with E-state index in [0.29, 0.717) is 12.0 Å². The van der Waals surface area contributed by atoms with Crippen LogP contribution in [-0.4, -0.2) is 24.1 Å². The largest absolute Gasteiger partial charge is 0.486 e. The quantitative estimate of drug-likeness (QED) is 0.818. The second kappa shape index (κ2) is 3.71. The number of fused-ring (bicyclic) bond motifs is 1. The fourth-order valence-electron chi connectivity index (χ4n) is 1.58. The molecule has 0 saturated carbocycles. The van der Waals surface area contributed by atoms with Crippen molar-refractivity contribution in [3.8, 4) is 5.75 Å². The fourth-order valence-corrected chi connectivity index (χ4v) is 2.19. The topological polar surface area (TPSA) is 46.5 Å². The highest BCUT2D eigenvalue weighted by atomic mass is 79.9. The Morgan fingerprint density at radius 3 is 3.07 bits per heavy atom. The monoisotopic (exact) mass is 256 g/mol. The summed E-state index contributed by atoms with van der Waals surface area (Å²) in [4.78, 5) is 10.6. The smallest absolute Gasteiger partial charge is 0.150 e. The van der Waals surface area contributed by atoms with Gasteiger partial charge in [0.05, 0.1) is 11.1 Å². The number of aliphatic hydroxyl groups is 1. The number of benzene rings is 1. The van der Waals surface area contributed by atoms with E-state index in [9.17, 15) is 4.79 Å². The number of hydrogen-bond acceptors (Lipinski definition) is 3. The van der Waals surface area contributed by atoms with Gasteiger partial charge in [0.15, 0.2) is 0 Å². The van der Waals surface area contributed by atoms with Crippen LogP contribution in [0.4, 0.5) is 0 Å². The van der Waals surface area contributed by atoms with Crippen molar-refractivity contribution in [2.75, 3.05) is 6.61 Å². The van der Waals surface area contributed by atoms with Crippen molar-refractivity contribution < 1.29 is 14.6 Å². The molecule has 0 saturated heterocycles. The Balaban J connectivity index is 2.41. The molecule has 2 rings (SSSR count). The van der Waals surface area contributed by atoms with Gasteiger partial charge in [0, 0.05) is 12.0 Å². The van der Waals surface area contributed by atoms with Crippen molar-refractivity contribution in [2.24, 2.45) is 0 Å². The van der Waals surface area contributed by atoms with Gasteiger partial charge in [-0.15, -0.1) is 0 Å². The average molecular weight is 257 g/mol. The van der Waals surface area contributed by atoms with Gasteiger partial charge in [-0.25, -0.2) is 0 Å². The number of aldehydes is 1. The Kier molecular flexibility index (Phi) is 2.56. The third-order valence-corrected chi connectivity index (χ3v) is 2.80. The van der Waals surface area contributed by atoms with E-state index in [1.165, 1.54) is 0 Å². The highest BCUT2D eigenvalue weighted by Gasteiger charge is 2.24. The molecule has 0 amide bonds. The molecule has 1 aliphatic rings. The Morgan fingerprint density at radius 2 is 2.43 bits per heavy atom. The highest BCUT2D eigenvalue weighted by Crippen LogP contribution is 2.36. The molecule has 1 N–H and O–H groups in total. The van der Waals surface area contributed by atoms with Crippen molar-refractivity contribution in [3.05, 3.63) is 27.7 Å². The van der Waals surface area contributed by atoms with Crippen LogP contribution >= 0.6 is 15.9 Å². The Hall–Kier alpha value is -0.870. The standard InChI is InChI=1S/C10H9BrO3/c11-9-2-6(4-12)1-7-3-8(5-13)14-10(7)9/h1-2,4,8,13H,3,5H2. The predicted molar refractivity (Wildman–Crippen MR) is 54.7 cm³/mol. The average Bonchev–Trinajstić information content (AvgIpc) is 2.61. The molecular weight excluding hydrogens is 248 g/mol. The summed E-state index contributed by atoms with van der Waals surface area (Å²) in [7, 11) is 0. The van der Waals surface area contributed by atoms with Crippen LogP contribution in [0.15, 0.2) is 16.6 Å². The van der Waals surface area contributed by atoms with Gasteiger partial charge in [0.2, 0.25) is 0 Å². The molecular formula is C10H9BrO3. The number of rotatable bonds is 2. The van der Waals surface area contributed by atoms with Crippen molar-refractivity contribution in [1.82, 2.24) is 0 Å². The molecule has 3 nitrogen and oxygen atoms in total. The lowest BCUT2D eigenvalue weighted by atomic mass is 10.1. The maximum Gasteiger partial charge on any atom is 0.150 e. The zero-order valence-corrected chi connectivity index (χ0v) is 8.95. The molecule has 1 unspecified atom stereocenters. The minimum absolute atomic E-state index is 0.00244. The first-order valence-electron chi connectivity index (χ1n) is 4.29. The Labute approximate surface area is 89.8 Å². The van der Waals surface area contributed by atoms with Crippen molar-refractivity contribution in [1.29, 1.82) is 0 Å². The summed E-state index contributed by atoms with van der Waals surface area (Å²) in [5.74, 6) is 0.745. The van der Waals surface area contributed by atoms with Gasteiger partial charge < -0.3 is 9.84 Å². The SMILES string of the molecule is O=Cc1cc(Br)c2c(c1)CC(CO)O2. The van der Waals surface area contributed by atoms with Crippen molar-refractivity contribution in [2.45, 2.75) is 12.5 Å². The maximum atomic E-state index is 10.6. The predicted octanol–water partition coefficient (Wildman–Crippen LogP) is 1.56. The summed E-state index contributed by atoms with van der Waals surface area (Å²) in [6.07, 6.45) is 1.28. The van der Waals surface area contributed by atoms with Gasteiger partial charge in [0.25, 0.3) is 0 Å². The van der Waals surface area contributed by atoms with E-state index in [4.69, 9.17) is 9.84 Å². The molecule has 0 bridgehead atoms. The second-order valence-corrected chi connectivity index (χ2v) is 4.09. The van der Waals surface area contributed by atoms with E-state index in [0.717, 1.165) is 22.1 Å². The highest BCUT2D eigenvalue weighted by molar-refractivity contribution is 9.10. The molecule has 0 radical (unpaired) electrons. The first-order valence-corrected chi connectivity index (χ1v) is 5.09. The number of carbonyl (C=O) groups is 1. The molecule has 0 aromatic heterocycles. The molecule has 1 aliphatic heterocycles. The minimum Gasteiger partial charge on any atom is -0.486 e. The lowest BCUT2D eigenvalue weighted by molar-refractivity contribution is 0.112. The molecule has 0 spiro atoms. The molecule has 1 heterocycles. The van der Waals surface area contributed by atoms with Crippen molar-refractivity contribution >= 4 is 22.2 Å². The number of hydrogen-bond donors (Lipinski definition) is 1.